The molecule has 1 amide bonds. The van der Waals surface area contributed by atoms with Crippen LogP contribution in [-0.2, 0) is 14.2 Å². The molecule has 2 aliphatic heterocycles. The average Bonchev–Trinajstić information content (AvgIpc) is 2.89. The van der Waals surface area contributed by atoms with Crippen LogP contribution in [0.3, 0.4) is 0 Å². The standard InChI is InChI=1S/C19H26BNO7/c1-19(2,3)27-18(24)21-8-6-12(7-9-21)26-13-4-5-14-15(10-13)20(25)28-16(14)11-17(22)23/h4-5,10,12,16,25H,6-9,11H2,1-3H3,(H,22,23). The van der Waals surface area contributed by atoms with E-state index in [1.807, 2.05) is 20.8 Å². The molecule has 3 rings (SSSR count). The van der Waals surface area contributed by atoms with Crippen LogP contribution in [0.25, 0.3) is 0 Å². The summed E-state index contributed by atoms with van der Waals surface area (Å²) in [6, 6.07) is 5.20. The second-order valence-electron chi connectivity index (χ2n) is 8.15. The lowest BCUT2D eigenvalue weighted by molar-refractivity contribution is -0.138. The topological polar surface area (TPSA) is 106 Å². The van der Waals surface area contributed by atoms with Crippen molar-refractivity contribution in [2.24, 2.45) is 0 Å². The van der Waals surface area contributed by atoms with Crippen LogP contribution in [0.4, 0.5) is 4.79 Å². The molecular weight excluding hydrogens is 365 g/mol. The van der Waals surface area contributed by atoms with Crippen LogP contribution in [0.15, 0.2) is 18.2 Å². The van der Waals surface area contributed by atoms with Gasteiger partial charge in [-0.15, -0.1) is 0 Å². The van der Waals surface area contributed by atoms with E-state index in [0.29, 0.717) is 42.7 Å². The fourth-order valence-electron chi connectivity index (χ4n) is 3.43. The number of fused-ring (bicyclic) bond motifs is 1. The highest BCUT2D eigenvalue weighted by molar-refractivity contribution is 6.61. The predicted molar refractivity (Wildman–Crippen MR) is 102 cm³/mol. The van der Waals surface area contributed by atoms with Gasteiger partial charge >= 0.3 is 19.2 Å². The van der Waals surface area contributed by atoms with Gasteiger partial charge in [0.2, 0.25) is 0 Å². The van der Waals surface area contributed by atoms with Gasteiger partial charge in [-0.05, 0) is 43.9 Å². The Morgan fingerprint density at radius 2 is 1.96 bits per heavy atom. The van der Waals surface area contributed by atoms with Crippen molar-refractivity contribution in [3.8, 4) is 5.75 Å². The summed E-state index contributed by atoms with van der Waals surface area (Å²) in [5.74, 6) is -0.393. The molecule has 0 aliphatic carbocycles. The Morgan fingerprint density at radius 1 is 1.29 bits per heavy atom. The van der Waals surface area contributed by atoms with Gasteiger partial charge < -0.3 is 29.2 Å². The van der Waals surface area contributed by atoms with E-state index in [1.165, 1.54) is 0 Å². The quantitative estimate of drug-likeness (QED) is 0.753. The van der Waals surface area contributed by atoms with Crippen molar-refractivity contribution in [2.75, 3.05) is 13.1 Å². The van der Waals surface area contributed by atoms with E-state index < -0.39 is 24.8 Å². The molecule has 0 spiro atoms. The van der Waals surface area contributed by atoms with E-state index in [4.69, 9.17) is 19.2 Å². The molecule has 0 aromatic heterocycles. The molecule has 0 saturated carbocycles. The number of piperidine rings is 1. The Balaban J connectivity index is 1.57. The van der Waals surface area contributed by atoms with Gasteiger partial charge in [0.1, 0.15) is 17.5 Å². The van der Waals surface area contributed by atoms with Crippen molar-refractivity contribution in [3.05, 3.63) is 23.8 Å². The minimum atomic E-state index is -1.16. The van der Waals surface area contributed by atoms with Crippen LogP contribution in [0.1, 0.15) is 51.7 Å². The van der Waals surface area contributed by atoms with Gasteiger partial charge in [0.25, 0.3) is 0 Å². The van der Waals surface area contributed by atoms with E-state index in [2.05, 4.69) is 0 Å². The average molecular weight is 391 g/mol. The van der Waals surface area contributed by atoms with E-state index in [0.717, 1.165) is 0 Å². The number of carbonyl (C=O) groups excluding carboxylic acids is 1. The van der Waals surface area contributed by atoms with Crippen molar-refractivity contribution in [1.82, 2.24) is 4.90 Å². The molecule has 1 fully saturated rings. The van der Waals surface area contributed by atoms with Crippen molar-refractivity contribution in [3.63, 3.8) is 0 Å². The number of ether oxygens (including phenoxy) is 2. The summed E-state index contributed by atoms with van der Waals surface area (Å²) in [4.78, 5) is 24.7. The van der Waals surface area contributed by atoms with Gasteiger partial charge in [0.15, 0.2) is 0 Å². The van der Waals surface area contributed by atoms with Gasteiger partial charge in [0.05, 0.1) is 12.5 Å². The van der Waals surface area contributed by atoms with Gasteiger partial charge in [-0.25, -0.2) is 4.79 Å². The molecule has 9 heteroatoms. The number of hydrogen-bond donors (Lipinski definition) is 2. The molecule has 2 N–H and O–H groups in total. The fraction of sp³-hybridized carbons (Fsp3) is 0.579. The van der Waals surface area contributed by atoms with E-state index in [-0.39, 0.29) is 18.6 Å². The van der Waals surface area contributed by atoms with Gasteiger partial charge in [-0.2, -0.15) is 0 Å². The molecule has 1 aromatic carbocycles. The summed E-state index contributed by atoms with van der Waals surface area (Å²) >= 11 is 0. The molecule has 8 nitrogen and oxygen atoms in total. The molecular formula is C19H26BNO7. The van der Waals surface area contributed by atoms with Crippen LogP contribution >= 0.6 is 0 Å². The maximum atomic E-state index is 12.1. The predicted octanol–water partition coefficient (Wildman–Crippen LogP) is 1.70. The molecule has 2 heterocycles. The SMILES string of the molecule is CC(C)(C)OC(=O)N1CCC(Oc2ccc3c(c2)B(O)OC3CC(=O)O)CC1. The molecule has 28 heavy (non-hydrogen) atoms. The number of rotatable bonds is 4. The zero-order valence-corrected chi connectivity index (χ0v) is 16.4. The van der Waals surface area contributed by atoms with Crippen LogP contribution < -0.4 is 10.2 Å². The second kappa shape index (κ2) is 8.01. The Bertz CT molecular complexity index is 740. The van der Waals surface area contributed by atoms with Crippen LogP contribution in [0, 0.1) is 0 Å². The maximum Gasteiger partial charge on any atom is 0.492 e. The highest BCUT2D eigenvalue weighted by atomic mass is 16.6. The molecule has 0 bridgehead atoms. The number of benzene rings is 1. The lowest BCUT2D eigenvalue weighted by Gasteiger charge is -2.33. The third-order valence-electron chi connectivity index (χ3n) is 4.72. The normalized spacial score (nSPS) is 20.1. The lowest BCUT2D eigenvalue weighted by Crippen LogP contribution is -2.44. The van der Waals surface area contributed by atoms with Crippen molar-refractivity contribution >= 4 is 24.6 Å². The van der Waals surface area contributed by atoms with Crippen molar-refractivity contribution in [2.45, 2.75) is 57.8 Å². The molecule has 1 saturated heterocycles. The Kier molecular flexibility index (Phi) is 5.86. The third kappa shape index (κ3) is 4.96. The summed E-state index contributed by atoms with van der Waals surface area (Å²) in [6.07, 6.45) is 0.134. The molecule has 0 radical (unpaired) electrons. The minimum Gasteiger partial charge on any atom is -0.490 e. The first-order chi connectivity index (χ1) is 13.1. The van der Waals surface area contributed by atoms with Gasteiger partial charge in [-0.1, -0.05) is 6.07 Å². The number of aliphatic carboxylic acids is 1. The van der Waals surface area contributed by atoms with Crippen LogP contribution in [0.2, 0.25) is 0 Å². The van der Waals surface area contributed by atoms with Gasteiger partial charge in [-0.3, -0.25) is 4.79 Å². The maximum absolute atomic E-state index is 12.1. The van der Waals surface area contributed by atoms with Crippen molar-refractivity contribution < 1.29 is 33.8 Å². The summed E-state index contributed by atoms with van der Waals surface area (Å²) < 4.78 is 16.7. The largest absolute Gasteiger partial charge is 0.492 e. The van der Waals surface area contributed by atoms with Crippen LogP contribution in [-0.4, -0.2) is 59.0 Å². The zero-order valence-electron chi connectivity index (χ0n) is 16.4. The van der Waals surface area contributed by atoms with E-state index in [9.17, 15) is 14.6 Å². The monoisotopic (exact) mass is 391 g/mol. The molecule has 152 valence electrons. The first-order valence-corrected chi connectivity index (χ1v) is 9.46. The molecule has 2 aliphatic rings. The number of amides is 1. The Labute approximate surface area is 164 Å². The summed E-state index contributed by atoms with van der Waals surface area (Å²) in [6.45, 7) is 6.63. The summed E-state index contributed by atoms with van der Waals surface area (Å²) in [5.41, 5.74) is 0.688. The third-order valence-corrected chi connectivity index (χ3v) is 4.72. The first kappa shape index (κ1) is 20.5. The number of carboxylic acid groups (broad SMARTS) is 1. The first-order valence-electron chi connectivity index (χ1n) is 9.46. The van der Waals surface area contributed by atoms with E-state index in [1.54, 1.807) is 23.1 Å². The number of hydrogen-bond acceptors (Lipinski definition) is 6. The number of nitrogens with zero attached hydrogens (tertiary/aromatic N) is 1. The summed E-state index contributed by atoms with van der Waals surface area (Å²) in [7, 11) is -1.16. The smallest absolute Gasteiger partial charge is 0.490 e. The van der Waals surface area contributed by atoms with E-state index >= 15 is 0 Å². The number of likely N-dealkylation sites (tertiary alicyclic amines) is 1. The Hall–Kier alpha value is -2.26. The molecule has 1 aromatic rings. The van der Waals surface area contributed by atoms with Crippen LogP contribution in [0.5, 0.6) is 5.75 Å². The van der Waals surface area contributed by atoms with Crippen molar-refractivity contribution in [1.29, 1.82) is 0 Å². The highest BCUT2D eigenvalue weighted by Gasteiger charge is 2.36. The zero-order chi connectivity index (χ0) is 20.5. The van der Waals surface area contributed by atoms with Gasteiger partial charge in [0, 0.05) is 25.9 Å². The highest BCUT2D eigenvalue weighted by Crippen LogP contribution is 2.29. The minimum absolute atomic E-state index is 0.0500. The fourth-order valence-corrected chi connectivity index (χ4v) is 3.43. The summed E-state index contributed by atoms with van der Waals surface area (Å²) in [5, 5.41) is 19.0. The lowest BCUT2D eigenvalue weighted by atomic mass is 9.79. The number of carbonyl (C=O) groups is 2. The number of carboxylic acids is 1. The molecule has 1 unspecified atom stereocenters. The second-order valence-corrected chi connectivity index (χ2v) is 8.15. The Morgan fingerprint density at radius 3 is 2.57 bits per heavy atom. The molecule has 1 atom stereocenters.